The van der Waals surface area contributed by atoms with Gasteiger partial charge in [0.25, 0.3) is 0 Å². The first-order valence-electron chi connectivity index (χ1n) is 13.0. The smallest absolute Gasteiger partial charge is 0.243 e. The number of benzene rings is 2. The summed E-state index contributed by atoms with van der Waals surface area (Å²) in [6, 6.07) is 14.3. The minimum Gasteiger partial charge on any atom is -0.350 e. The fourth-order valence-electron chi connectivity index (χ4n) is 4.12. The van der Waals surface area contributed by atoms with Gasteiger partial charge in [-0.2, -0.15) is 0 Å². The maximum absolute atomic E-state index is 13.4. The molecule has 0 spiro atoms. The molecular weight excluding hydrogens is 480 g/mol. The van der Waals surface area contributed by atoms with E-state index in [4.69, 9.17) is 0 Å². The topological polar surface area (TPSA) is 116 Å². The Labute approximate surface area is 224 Å². The number of nitrogens with one attached hydrogen (secondary N) is 4. The maximum atomic E-state index is 13.4. The lowest BCUT2D eigenvalue weighted by Crippen LogP contribution is -2.56. The molecule has 3 atom stereocenters. The lowest BCUT2D eigenvalue weighted by Gasteiger charge is -2.25. The largest absolute Gasteiger partial charge is 0.350 e. The average Bonchev–Trinajstić information content (AvgIpc) is 2.89. The van der Waals surface area contributed by atoms with Gasteiger partial charge in [-0.3, -0.25) is 19.2 Å². The Morgan fingerprint density at radius 2 is 1.61 bits per heavy atom. The van der Waals surface area contributed by atoms with Crippen LogP contribution in [-0.2, 0) is 32.1 Å². The minimum atomic E-state index is -0.875. The van der Waals surface area contributed by atoms with Crippen LogP contribution in [0.1, 0.15) is 56.7 Å². The molecule has 0 saturated carbocycles. The van der Waals surface area contributed by atoms with Gasteiger partial charge in [0, 0.05) is 31.4 Å². The summed E-state index contributed by atoms with van der Waals surface area (Å²) < 4.78 is 0. The molecule has 0 fully saturated rings. The van der Waals surface area contributed by atoms with Crippen molar-refractivity contribution < 1.29 is 19.2 Å². The van der Waals surface area contributed by atoms with Crippen LogP contribution in [0.25, 0.3) is 0 Å². The average molecular weight is 517 g/mol. The molecule has 0 saturated heterocycles. The molecule has 4 N–H and O–H groups in total. The van der Waals surface area contributed by atoms with E-state index in [0.717, 1.165) is 16.7 Å². The molecule has 1 aliphatic heterocycles. The molecule has 0 radical (unpaired) electrons. The van der Waals surface area contributed by atoms with Crippen molar-refractivity contribution in [2.75, 3.05) is 0 Å². The van der Waals surface area contributed by atoms with Gasteiger partial charge in [-0.25, -0.2) is 0 Å². The van der Waals surface area contributed by atoms with Gasteiger partial charge in [0.05, 0.1) is 0 Å². The van der Waals surface area contributed by atoms with E-state index in [0.29, 0.717) is 12.8 Å². The summed E-state index contributed by atoms with van der Waals surface area (Å²) in [5.74, 6) is 4.62. The van der Waals surface area contributed by atoms with Crippen LogP contribution >= 0.6 is 0 Å². The van der Waals surface area contributed by atoms with Crippen LogP contribution in [-0.4, -0.2) is 41.8 Å². The molecule has 2 aromatic carbocycles. The number of rotatable bonds is 4. The highest BCUT2D eigenvalue weighted by Crippen LogP contribution is 2.09. The standard InChI is InChI=1S/C30H36N4O4/c1-20(2)16-25-29(37)32-21(3)28(36)31-19-24-14-9-13-22(17-24)12-7-8-15-27(35)33-26(30(38)34-25)18-23-10-5-4-6-11-23/h4-6,9-11,13-14,17,20-21,25-26H,8,15-16,18-19H2,1-3H3,(H,31,36)(H,32,37)(H,33,35)(H,34,38)/t21-,25?,26?/m0/s1. The molecule has 2 bridgehead atoms. The molecule has 0 aromatic heterocycles. The summed E-state index contributed by atoms with van der Waals surface area (Å²) in [5.41, 5.74) is 2.52. The molecule has 8 nitrogen and oxygen atoms in total. The second-order valence-corrected chi connectivity index (χ2v) is 9.95. The lowest BCUT2D eigenvalue weighted by molar-refractivity contribution is -0.133. The lowest BCUT2D eigenvalue weighted by atomic mass is 10.0. The van der Waals surface area contributed by atoms with E-state index in [1.54, 1.807) is 6.92 Å². The second-order valence-electron chi connectivity index (χ2n) is 9.95. The summed E-state index contributed by atoms with van der Waals surface area (Å²) in [7, 11) is 0. The SMILES string of the molecule is CC(C)CC1NC(=O)C(Cc2ccccc2)NC(=O)CCC#Cc2cccc(c2)CNC(=O)[C@H](C)NC1=O. The number of fused-ring (bicyclic) bond motifs is 2. The molecule has 8 heteroatoms. The van der Waals surface area contributed by atoms with E-state index in [2.05, 4.69) is 33.1 Å². The first kappa shape index (κ1) is 28.5. The summed E-state index contributed by atoms with van der Waals surface area (Å²) >= 11 is 0. The number of amides is 4. The molecule has 2 unspecified atom stereocenters. The molecule has 2 aromatic rings. The fraction of sp³-hybridized carbons (Fsp3) is 0.400. The van der Waals surface area contributed by atoms with E-state index < -0.39 is 29.9 Å². The quantitative estimate of drug-likeness (QED) is 0.466. The van der Waals surface area contributed by atoms with Crippen LogP contribution in [0.15, 0.2) is 54.6 Å². The van der Waals surface area contributed by atoms with E-state index in [9.17, 15) is 19.2 Å². The summed E-state index contributed by atoms with van der Waals surface area (Å²) in [6.07, 6.45) is 1.10. The van der Waals surface area contributed by atoms with Crippen molar-refractivity contribution in [3.05, 3.63) is 71.3 Å². The van der Waals surface area contributed by atoms with E-state index in [1.807, 2.05) is 68.4 Å². The second kappa shape index (κ2) is 14.0. The zero-order valence-corrected chi connectivity index (χ0v) is 22.2. The maximum Gasteiger partial charge on any atom is 0.243 e. The van der Waals surface area contributed by atoms with E-state index in [1.165, 1.54) is 0 Å². The highest BCUT2D eigenvalue weighted by atomic mass is 16.2. The summed E-state index contributed by atoms with van der Waals surface area (Å²) in [6.45, 7) is 5.78. The van der Waals surface area contributed by atoms with Crippen molar-refractivity contribution in [2.24, 2.45) is 5.92 Å². The van der Waals surface area contributed by atoms with Gasteiger partial charge in [0.15, 0.2) is 0 Å². The van der Waals surface area contributed by atoms with Crippen molar-refractivity contribution in [1.29, 1.82) is 0 Å². The van der Waals surface area contributed by atoms with Gasteiger partial charge in [-0.15, -0.1) is 0 Å². The number of carbonyl (C=O) groups is 4. The fourth-order valence-corrected chi connectivity index (χ4v) is 4.12. The van der Waals surface area contributed by atoms with Crippen LogP contribution in [0.4, 0.5) is 0 Å². The van der Waals surface area contributed by atoms with Crippen LogP contribution in [0.3, 0.4) is 0 Å². The van der Waals surface area contributed by atoms with Gasteiger partial charge in [0.2, 0.25) is 23.6 Å². The van der Waals surface area contributed by atoms with Crippen molar-refractivity contribution in [1.82, 2.24) is 21.3 Å². The van der Waals surface area contributed by atoms with Crippen molar-refractivity contribution >= 4 is 23.6 Å². The monoisotopic (exact) mass is 516 g/mol. The van der Waals surface area contributed by atoms with Crippen molar-refractivity contribution in [3.8, 4) is 11.8 Å². The molecule has 38 heavy (non-hydrogen) atoms. The van der Waals surface area contributed by atoms with Crippen LogP contribution in [0, 0.1) is 17.8 Å². The minimum absolute atomic E-state index is 0.102. The van der Waals surface area contributed by atoms with Gasteiger partial charge < -0.3 is 21.3 Å². The third-order valence-electron chi connectivity index (χ3n) is 6.13. The Bertz CT molecular complexity index is 1200. The summed E-state index contributed by atoms with van der Waals surface area (Å²) in [4.78, 5) is 52.0. The summed E-state index contributed by atoms with van der Waals surface area (Å²) in [5, 5.41) is 11.2. The number of carbonyl (C=O) groups excluding carboxylic acids is 4. The van der Waals surface area contributed by atoms with Crippen molar-refractivity contribution in [3.63, 3.8) is 0 Å². The Balaban J connectivity index is 1.88. The zero-order valence-electron chi connectivity index (χ0n) is 22.2. The zero-order chi connectivity index (χ0) is 27.5. The van der Waals surface area contributed by atoms with Gasteiger partial charge in [-0.1, -0.05) is 68.2 Å². The van der Waals surface area contributed by atoms with Gasteiger partial charge in [0.1, 0.15) is 18.1 Å². The van der Waals surface area contributed by atoms with Gasteiger partial charge in [-0.05, 0) is 42.5 Å². The van der Waals surface area contributed by atoms with Crippen LogP contribution in [0.5, 0.6) is 0 Å². The Morgan fingerprint density at radius 1 is 0.868 bits per heavy atom. The molecular formula is C30H36N4O4. The van der Waals surface area contributed by atoms with E-state index in [-0.39, 0.29) is 37.1 Å². The number of hydrogen-bond acceptors (Lipinski definition) is 4. The Morgan fingerprint density at radius 3 is 2.34 bits per heavy atom. The highest BCUT2D eigenvalue weighted by molar-refractivity contribution is 5.94. The highest BCUT2D eigenvalue weighted by Gasteiger charge is 2.29. The Hall–Kier alpha value is -4.12. The predicted octanol–water partition coefficient (Wildman–Crippen LogP) is 2.21. The first-order valence-corrected chi connectivity index (χ1v) is 13.0. The molecule has 1 aliphatic rings. The molecule has 200 valence electrons. The first-order chi connectivity index (χ1) is 18.2. The molecule has 4 amide bonds. The number of hydrogen-bond donors (Lipinski definition) is 4. The predicted molar refractivity (Wildman–Crippen MR) is 145 cm³/mol. The normalized spacial score (nSPS) is 21.4. The molecule has 1 heterocycles. The van der Waals surface area contributed by atoms with E-state index >= 15 is 0 Å². The van der Waals surface area contributed by atoms with Crippen LogP contribution in [0.2, 0.25) is 0 Å². The Kier molecular flexibility index (Phi) is 10.5. The third kappa shape index (κ3) is 9.07. The van der Waals surface area contributed by atoms with Crippen LogP contribution < -0.4 is 21.3 Å². The molecule has 3 rings (SSSR count). The van der Waals surface area contributed by atoms with Crippen molar-refractivity contribution in [2.45, 2.75) is 71.1 Å². The molecule has 0 aliphatic carbocycles. The third-order valence-corrected chi connectivity index (χ3v) is 6.13. The van der Waals surface area contributed by atoms with Gasteiger partial charge >= 0.3 is 0 Å².